The molecule has 0 unspecified atom stereocenters. The first kappa shape index (κ1) is 15.4. The first-order valence-corrected chi connectivity index (χ1v) is 8.98. The fraction of sp³-hybridized carbons (Fsp3) is 0.615. The lowest BCUT2D eigenvalue weighted by Gasteiger charge is -2.38. The largest absolute Gasteiger partial charge is 0.356 e. The minimum atomic E-state index is -3.80. The average molecular weight is 319 g/mol. The number of likely N-dealkylation sites (tertiary alicyclic amines) is 1. The van der Waals surface area contributed by atoms with Crippen LogP contribution >= 0.6 is 10.7 Å². The molecule has 0 saturated carbocycles. The number of nitrogens with zero attached hydrogens (tertiary/aromatic N) is 1. The number of hydrogen-bond acceptors (Lipinski definition) is 3. The van der Waals surface area contributed by atoms with Gasteiger partial charge in [0.1, 0.15) is 10.6 Å². The molecular weight excluding hydrogens is 300 g/mol. The Bertz CT molecular complexity index is 601. The molecule has 2 heterocycles. The number of hydrogen-bond donors (Lipinski definition) is 1. The van der Waals surface area contributed by atoms with Gasteiger partial charge < -0.3 is 9.88 Å². The number of halogens is 1. The Balaban J connectivity index is 2.08. The van der Waals surface area contributed by atoms with E-state index in [1.165, 1.54) is 12.3 Å². The molecule has 1 aromatic rings. The Labute approximate surface area is 123 Å². The minimum absolute atomic E-state index is 0.0714. The molecule has 0 aliphatic carbocycles. The molecule has 2 rings (SSSR count). The first-order valence-electron chi connectivity index (χ1n) is 6.67. The molecule has 0 aromatic carbocycles. The molecule has 0 spiro atoms. The Kier molecular flexibility index (Phi) is 4.16. The van der Waals surface area contributed by atoms with Gasteiger partial charge in [0.25, 0.3) is 15.0 Å². The van der Waals surface area contributed by atoms with E-state index >= 15 is 0 Å². The van der Waals surface area contributed by atoms with Gasteiger partial charge in [-0.3, -0.25) is 4.79 Å². The molecule has 0 bridgehead atoms. The summed E-state index contributed by atoms with van der Waals surface area (Å²) in [6.45, 7) is 5.80. The molecule has 1 amide bonds. The van der Waals surface area contributed by atoms with Crippen LogP contribution in [-0.4, -0.2) is 37.3 Å². The summed E-state index contributed by atoms with van der Waals surface area (Å²) in [5, 5.41) is 0. The number of nitrogens with one attached hydrogen (secondary N) is 1. The van der Waals surface area contributed by atoms with Gasteiger partial charge in [-0.15, -0.1) is 0 Å². The number of H-pyrrole nitrogens is 1. The van der Waals surface area contributed by atoms with Gasteiger partial charge in [-0.2, -0.15) is 0 Å². The van der Waals surface area contributed by atoms with Crippen molar-refractivity contribution in [1.82, 2.24) is 9.88 Å². The van der Waals surface area contributed by atoms with E-state index in [0.717, 1.165) is 19.3 Å². The Morgan fingerprint density at radius 2 is 2.05 bits per heavy atom. The van der Waals surface area contributed by atoms with Crippen LogP contribution in [-0.2, 0) is 9.05 Å². The summed E-state index contributed by atoms with van der Waals surface area (Å²) in [6.07, 6.45) is 4.29. The molecule has 1 saturated heterocycles. The Morgan fingerprint density at radius 1 is 1.45 bits per heavy atom. The topological polar surface area (TPSA) is 70.2 Å². The molecule has 1 aliphatic heterocycles. The molecule has 1 aromatic heterocycles. The molecule has 1 aliphatic rings. The SMILES string of the molecule is CCC1(C)CCN(C(=O)c2cc(S(=O)(=O)Cl)c[nH]2)CC1. The van der Waals surface area contributed by atoms with Crippen molar-refractivity contribution >= 4 is 25.6 Å². The summed E-state index contributed by atoms with van der Waals surface area (Å²) >= 11 is 0. The fourth-order valence-corrected chi connectivity index (χ4v) is 3.14. The van der Waals surface area contributed by atoms with Crippen molar-refractivity contribution in [1.29, 1.82) is 0 Å². The maximum atomic E-state index is 12.3. The Morgan fingerprint density at radius 3 is 2.50 bits per heavy atom. The maximum Gasteiger partial charge on any atom is 0.270 e. The van der Waals surface area contributed by atoms with E-state index in [0.29, 0.717) is 18.5 Å². The molecule has 5 nitrogen and oxygen atoms in total. The number of carbonyl (C=O) groups is 1. The number of aromatic nitrogens is 1. The smallest absolute Gasteiger partial charge is 0.270 e. The highest BCUT2D eigenvalue weighted by molar-refractivity contribution is 8.13. The zero-order chi connectivity index (χ0) is 15.0. The molecule has 0 atom stereocenters. The second-order valence-corrected chi connectivity index (χ2v) is 8.21. The summed E-state index contributed by atoms with van der Waals surface area (Å²) in [7, 11) is 1.45. The normalized spacial score (nSPS) is 19.1. The predicted octanol–water partition coefficient (Wildman–Crippen LogP) is 2.59. The van der Waals surface area contributed by atoms with Gasteiger partial charge in [-0.05, 0) is 24.3 Å². The first-order chi connectivity index (χ1) is 9.25. The molecule has 20 heavy (non-hydrogen) atoms. The van der Waals surface area contributed by atoms with E-state index in [-0.39, 0.29) is 16.5 Å². The quantitative estimate of drug-likeness (QED) is 0.871. The molecule has 1 fully saturated rings. The lowest BCUT2D eigenvalue weighted by atomic mass is 9.78. The van der Waals surface area contributed by atoms with Crippen LogP contribution in [0.15, 0.2) is 17.2 Å². The van der Waals surface area contributed by atoms with Gasteiger partial charge in [-0.25, -0.2) is 8.42 Å². The van der Waals surface area contributed by atoms with E-state index in [2.05, 4.69) is 18.8 Å². The number of piperidine rings is 1. The van der Waals surface area contributed by atoms with Crippen LogP contribution in [0.2, 0.25) is 0 Å². The van der Waals surface area contributed by atoms with Crippen molar-refractivity contribution < 1.29 is 13.2 Å². The van der Waals surface area contributed by atoms with Gasteiger partial charge in [-0.1, -0.05) is 20.3 Å². The lowest BCUT2D eigenvalue weighted by molar-refractivity contribution is 0.0595. The van der Waals surface area contributed by atoms with E-state index in [4.69, 9.17) is 10.7 Å². The minimum Gasteiger partial charge on any atom is -0.356 e. The lowest BCUT2D eigenvalue weighted by Crippen LogP contribution is -2.42. The number of rotatable bonds is 3. The molecule has 0 radical (unpaired) electrons. The van der Waals surface area contributed by atoms with Crippen LogP contribution in [0.3, 0.4) is 0 Å². The maximum absolute atomic E-state index is 12.3. The standard InChI is InChI=1S/C13H19ClN2O3S/c1-3-13(2)4-6-16(7-5-13)12(17)11-8-10(9-15-11)20(14,18)19/h8-9,15H,3-7H2,1-2H3. The zero-order valence-electron chi connectivity index (χ0n) is 11.6. The van der Waals surface area contributed by atoms with E-state index in [1.54, 1.807) is 4.90 Å². The number of amides is 1. The van der Waals surface area contributed by atoms with E-state index in [9.17, 15) is 13.2 Å². The van der Waals surface area contributed by atoms with Crippen molar-refractivity contribution in [3.63, 3.8) is 0 Å². The second kappa shape index (κ2) is 5.41. The van der Waals surface area contributed by atoms with E-state index in [1.807, 2.05) is 0 Å². The summed E-state index contributed by atoms with van der Waals surface area (Å²) in [6, 6.07) is 1.29. The van der Waals surface area contributed by atoms with Crippen LogP contribution in [0.4, 0.5) is 0 Å². The van der Waals surface area contributed by atoms with Gasteiger partial charge in [0.2, 0.25) is 0 Å². The molecular formula is C13H19ClN2O3S. The highest BCUT2D eigenvalue weighted by Gasteiger charge is 2.31. The van der Waals surface area contributed by atoms with E-state index < -0.39 is 9.05 Å². The summed E-state index contributed by atoms with van der Waals surface area (Å²) in [4.78, 5) is 16.7. The van der Waals surface area contributed by atoms with Crippen molar-refractivity contribution in [2.45, 2.75) is 38.0 Å². The second-order valence-electron chi connectivity index (χ2n) is 5.64. The van der Waals surface area contributed by atoms with Crippen LogP contribution in [0.25, 0.3) is 0 Å². The zero-order valence-corrected chi connectivity index (χ0v) is 13.2. The molecule has 112 valence electrons. The summed E-state index contributed by atoms with van der Waals surface area (Å²) < 4.78 is 22.4. The van der Waals surface area contributed by atoms with Gasteiger partial charge in [0.05, 0.1) is 0 Å². The predicted molar refractivity (Wildman–Crippen MR) is 77.4 cm³/mol. The summed E-state index contributed by atoms with van der Waals surface area (Å²) in [5.41, 5.74) is 0.571. The number of carbonyl (C=O) groups excluding carboxylic acids is 1. The van der Waals surface area contributed by atoms with Crippen molar-refractivity contribution in [2.24, 2.45) is 5.41 Å². The van der Waals surface area contributed by atoms with Gasteiger partial charge in [0, 0.05) is 30.0 Å². The average Bonchev–Trinajstić information content (AvgIpc) is 2.88. The van der Waals surface area contributed by atoms with Gasteiger partial charge >= 0.3 is 0 Å². The third-order valence-electron chi connectivity index (χ3n) is 4.28. The van der Waals surface area contributed by atoms with Crippen LogP contribution in [0, 0.1) is 5.41 Å². The van der Waals surface area contributed by atoms with Crippen molar-refractivity contribution in [3.8, 4) is 0 Å². The Hall–Kier alpha value is -1.01. The summed E-state index contributed by atoms with van der Waals surface area (Å²) in [5.74, 6) is -0.172. The monoisotopic (exact) mass is 318 g/mol. The van der Waals surface area contributed by atoms with Crippen molar-refractivity contribution in [2.75, 3.05) is 13.1 Å². The number of aromatic amines is 1. The van der Waals surface area contributed by atoms with Crippen LogP contribution in [0.5, 0.6) is 0 Å². The fourth-order valence-electron chi connectivity index (χ4n) is 2.41. The van der Waals surface area contributed by atoms with Crippen LogP contribution in [0.1, 0.15) is 43.6 Å². The van der Waals surface area contributed by atoms with Gasteiger partial charge in [0.15, 0.2) is 0 Å². The molecule has 1 N–H and O–H groups in total. The third-order valence-corrected chi connectivity index (χ3v) is 5.61. The van der Waals surface area contributed by atoms with Crippen molar-refractivity contribution in [3.05, 3.63) is 18.0 Å². The third kappa shape index (κ3) is 3.17. The van der Waals surface area contributed by atoms with Crippen LogP contribution < -0.4 is 0 Å². The highest BCUT2D eigenvalue weighted by Crippen LogP contribution is 2.34. The highest BCUT2D eigenvalue weighted by atomic mass is 35.7. The molecule has 7 heteroatoms.